The number of nitrogens with zero attached hydrogens (tertiary/aromatic N) is 6. The molecule has 9 nitrogen and oxygen atoms in total. The van der Waals surface area contributed by atoms with Crippen LogP contribution >= 0.6 is 0 Å². The van der Waals surface area contributed by atoms with Gasteiger partial charge in [-0.15, -0.1) is 0 Å². The van der Waals surface area contributed by atoms with Crippen molar-refractivity contribution in [3.05, 3.63) is 30.0 Å². The molecule has 0 unspecified atom stereocenters. The number of ether oxygens (including phenoxy) is 2. The van der Waals surface area contributed by atoms with E-state index in [9.17, 15) is 5.26 Å². The summed E-state index contributed by atoms with van der Waals surface area (Å²) in [5.74, 6) is 1.30. The summed E-state index contributed by atoms with van der Waals surface area (Å²) in [6.07, 6.45) is 1.77. The van der Waals surface area contributed by atoms with Gasteiger partial charge in [0.15, 0.2) is 5.82 Å². The van der Waals surface area contributed by atoms with Crippen LogP contribution in [0.1, 0.15) is 5.56 Å². The standard InChI is InChI=1S/C20H21N7O2/c21-12-15-18(14-2-1-3-17-16(14)13-22-25-17)23-20(27-6-10-29-11-7-27)24-19(15)26-4-8-28-9-5-26/h1-3,13H,4-11H2,(H,22,25). The normalized spacial score (nSPS) is 17.5. The molecule has 148 valence electrons. The summed E-state index contributed by atoms with van der Waals surface area (Å²) in [5.41, 5.74) is 2.90. The molecular weight excluding hydrogens is 370 g/mol. The van der Waals surface area contributed by atoms with Crippen molar-refractivity contribution in [2.24, 2.45) is 0 Å². The number of aromatic nitrogens is 4. The Bertz CT molecular complexity index is 1060. The lowest BCUT2D eigenvalue weighted by Gasteiger charge is -2.31. The molecule has 0 bridgehead atoms. The Hall–Kier alpha value is -3.22. The average Bonchev–Trinajstić information content (AvgIpc) is 3.28. The van der Waals surface area contributed by atoms with E-state index in [0.29, 0.717) is 62.5 Å². The van der Waals surface area contributed by atoms with Crippen molar-refractivity contribution >= 4 is 22.7 Å². The van der Waals surface area contributed by atoms with E-state index in [1.54, 1.807) is 6.20 Å². The van der Waals surface area contributed by atoms with Gasteiger partial charge in [-0.2, -0.15) is 15.3 Å². The zero-order valence-electron chi connectivity index (χ0n) is 16.0. The molecule has 1 aromatic carbocycles. The van der Waals surface area contributed by atoms with Crippen LogP contribution < -0.4 is 9.80 Å². The van der Waals surface area contributed by atoms with Gasteiger partial charge in [-0.1, -0.05) is 12.1 Å². The summed E-state index contributed by atoms with van der Waals surface area (Å²) in [4.78, 5) is 13.9. The lowest BCUT2D eigenvalue weighted by molar-refractivity contribution is 0.121. The number of nitriles is 1. The number of fused-ring (bicyclic) bond motifs is 1. The van der Waals surface area contributed by atoms with Gasteiger partial charge in [-0.25, -0.2) is 4.98 Å². The summed E-state index contributed by atoms with van der Waals surface area (Å²) < 4.78 is 11.0. The first-order chi connectivity index (χ1) is 14.3. The number of H-pyrrole nitrogens is 1. The van der Waals surface area contributed by atoms with E-state index >= 15 is 0 Å². The van der Waals surface area contributed by atoms with Gasteiger partial charge in [-0.05, 0) is 6.07 Å². The predicted molar refractivity (Wildman–Crippen MR) is 108 cm³/mol. The van der Waals surface area contributed by atoms with Crippen LogP contribution in [0.5, 0.6) is 0 Å². The molecule has 1 N–H and O–H groups in total. The zero-order chi connectivity index (χ0) is 19.6. The molecule has 0 saturated carbocycles. The van der Waals surface area contributed by atoms with Crippen LogP contribution in [0.3, 0.4) is 0 Å². The van der Waals surface area contributed by atoms with Crippen molar-refractivity contribution in [3.63, 3.8) is 0 Å². The van der Waals surface area contributed by atoms with Crippen LogP contribution in [0.25, 0.3) is 22.2 Å². The van der Waals surface area contributed by atoms with Crippen LogP contribution in [-0.4, -0.2) is 72.8 Å². The topological polar surface area (TPSA) is 103 Å². The van der Waals surface area contributed by atoms with Gasteiger partial charge in [0.2, 0.25) is 5.95 Å². The Kier molecular flexibility index (Phi) is 4.71. The lowest BCUT2D eigenvalue weighted by Crippen LogP contribution is -2.40. The third-order valence-corrected chi connectivity index (χ3v) is 5.33. The van der Waals surface area contributed by atoms with E-state index in [0.717, 1.165) is 29.6 Å². The van der Waals surface area contributed by atoms with Gasteiger partial charge in [-0.3, -0.25) is 5.10 Å². The fourth-order valence-electron chi connectivity index (χ4n) is 3.82. The molecule has 0 radical (unpaired) electrons. The quantitative estimate of drug-likeness (QED) is 0.718. The summed E-state index contributed by atoms with van der Waals surface area (Å²) in [7, 11) is 0. The molecule has 2 aliphatic rings. The Morgan fingerprint density at radius 3 is 2.41 bits per heavy atom. The van der Waals surface area contributed by atoms with E-state index in [2.05, 4.69) is 26.1 Å². The second-order valence-electron chi connectivity index (χ2n) is 7.02. The first-order valence-electron chi connectivity index (χ1n) is 9.75. The maximum atomic E-state index is 10.1. The van der Waals surface area contributed by atoms with Crippen molar-refractivity contribution in [1.82, 2.24) is 20.2 Å². The van der Waals surface area contributed by atoms with E-state index < -0.39 is 0 Å². The fourth-order valence-corrected chi connectivity index (χ4v) is 3.82. The molecule has 29 heavy (non-hydrogen) atoms. The highest BCUT2D eigenvalue weighted by molar-refractivity contribution is 5.95. The van der Waals surface area contributed by atoms with Gasteiger partial charge >= 0.3 is 0 Å². The monoisotopic (exact) mass is 391 g/mol. The number of rotatable bonds is 3. The van der Waals surface area contributed by atoms with E-state index in [1.807, 2.05) is 18.2 Å². The number of aromatic amines is 1. The maximum absolute atomic E-state index is 10.1. The van der Waals surface area contributed by atoms with Gasteiger partial charge in [0.25, 0.3) is 0 Å². The number of benzene rings is 1. The number of hydrogen-bond donors (Lipinski definition) is 1. The summed E-state index contributed by atoms with van der Waals surface area (Å²) in [6, 6.07) is 8.25. The van der Waals surface area contributed by atoms with Crippen LogP contribution in [0.15, 0.2) is 24.4 Å². The van der Waals surface area contributed by atoms with Crippen LogP contribution in [0, 0.1) is 11.3 Å². The predicted octanol–water partition coefficient (Wildman–Crippen LogP) is 1.56. The van der Waals surface area contributed by atoms with Gasteiger partial charge in [0.1, 0.15) is 11.6 Å². The Balaban J connectivity index is 1.71. The molecular formula is C20H21N7O2. The molecule has 4 heterocycles. The molecule has 2 saturated heterocycles. The van der Waals surface area contributed by atoms with Crippen molar-refractivity contribution in [2.45, 2.75) is 0 Å². The van der Waals surface area contributed by atoms with E-state index in [-0.39, 0.29) is 0 Å². The molecule has 5 rings (SSSR count). The minimum absolute atomic E-state index is 0.484. The van der Waals surface area contributed by atoms with Crippen LogP contribution in [0.2, 0.25) is 0 Å². The fraction of sp³-hybridized carbons (Fsp3) is 0.400. The van der Waals surface area contributed by atoms with Crippen molar-refractivity contribution in [1.29, 1.82) is 5.26 Å². The molecule has 2 aliphatic heterocycles. The molecule has 2 aromatic heterocycles. The SMILES string of the molecule is N#Cc1c(-c2cccc3[nH]ncc23)nc(N2CCOCC2)nc1N1CCOCC1. The Morgan fingerprint density at radius 1 is 0.966 bits per heavy atom. The second-order valence-corrected chi connectivity index (χ2v) is 7.02. The third kappa shape index (κ3) is 3.26. The number of nitrogens with one attached hydrogen (secondary N) is 1. The van der Waals surface area contributed by atoms with E-state index in [4.69, 9.17) is 19.4 Å². The van der Waals surface area contributed by atoms with Crippen molar-refractivity contribution in [3.8, 4) is 17.3 Å². The summed E-state index contributed by atoms with van der Waals surface area (Å²) >= 11 is 0. The minimum atomic E-state index is 0.484. The van der Waals surface area contributed by atoms with Crippen LogP contribution in [0.4, 0.5) is 11.8 Å². The van der Waals surface area contributed by atoms with Gasteiger partial charge < -0.3 is 19.3 Å². The highest BCUT2D eigenvalue weighted by Crippen LogP contribution is 2.34. The molecule has 0 aliphatic carbocycles. The zero-order valence-corrected chi connectivity index (χ0v) is 16.0. The minimum Gasteiger partial charge on any atom is -0.378 e. The van der Waals surface area contributed by atoms with Crippen LogP contribution in [-0.2, 0) is 9.47 Å². The van der Waals surface area contributed by atoms with Gasteiger partial charge in [0, 0.05) is 37.1 Å². The molecule has 0 spiro atoms. The average molecular weight is 391 g/mol. The molecule has 3 aromatic rings. The molecule has 0 atom stereocenters. The molecule has 2 fully saturated rings. The molecule has 9 heteroatoms. The summed E-state index contributed by atoms with van der Waals surface area (Å²) in [5, 5.41) is 18.2. The van der Waals surface area contributed by atoms with E-state index in [1.165, 1.54) is 0 Å². The molecule has 0 amide bonds. The van der Waals surface area contributed by atoms with Crippen molar-refractivity contribution < 1.29 is 9.47 Å². The first kappa shape index (κ1) is 17.8. The third-order valence-electron chi connectivity index (χ3n) is 5.33. The first-order valence-corrected chi connectivity index (χ1v) is 9.75. The number of anilines is 2. The van der Waals surface area contributed by atoms with Crippen molar-refractivity contribution in [2.75, 3.05) is 62.4 Å². The smallest absolute Gasteiger partial charge is 0.228 e. The second kappa shape index (κ2) is 7.66. The highest BCUT2D eigenvalue weighted by Gasteiger charge is 2.25. The number of hydrogen-bond acceptors (Lipinski definition) is 8. The number of morpholine rings is 2. The maximum Gasteiger partial charge on any atom is 0.228 e. The van der Waals surface area contributed by atoms with Gasteiger partial charge in [0.05, 0.1) is 43.8 Å². The lowest BCUT2D eigenvalue weighted by atomic mass is 10.0. The Morgan fingerprint density at radius 2 is 1.69 bits per heavy atom. The summed E-state index contributed by atoms with van der Waals surface area (Å²) in [6.45, 7) is 5.37. The highest BCUT2D eigenvalue weighted by atomic mass is 16.5. The largest absolute Gasteiger partial charge is 0.378 e. The Labute approximate surface area is 167 Å².